The summed E-state index contributed by atoms with van der Waals surface area (Å²) in [4.78, 5) is 21.9. The van der Waals surface area contributed by atoms with Crippen LogP contribution in [0.1, 0.15) is 13.8 Å². The van der Waals surface area contributed by atoms with Crippen LogP contribution in [-0.4, -0.2) is 37.0 Å². The zero-order valence-corrected chi connectivity index (χ0v) is 11.1. The number of carbonyl (C=O) groups is 2. The first-order valence-corrected chi connectivity index (χ1v) is 10.9. The fourth-order valence-corrected chi connectivity index (χ4v) is 6.11. The second-order valence-corrected chi connectivity index (χ2v) is 12.4. The van der Waals surface area contributed by atoms with Gasteiger partial charge in [0, 0.05) is 0 Å². The SMILES string of the molecule is CC(=O)CNC(=O)C(C)S[As](C)C. The van der Waals surface area contributed by atoms with Gasteiger partial charge in [0.25, 0.3) is 0 Å². The summed E-state index contributed by atoms with van der Waals surface area (Å²) < 4.78 is 0. The minimum absolute atomic E-state index is 0.00652. The molecule has 0 fully saturated rings. The Labute approximate surface area is 87.3 Å². The molecule has 0 aliphatic rings. The van der Waals surface area contributed by atoms with Crippen LogP contribution < -0.4 is 5.32 Å². The van der Waals surface area contributed by atoms with E-state index in [1.165, 1.54) is 6.92 Å². The molecule has 0 bridgehead atoms. The topological polar surface area (TPSA) is 46.2 Å². The summed E-state index contributed by atoms with van der Waals surface area (Å²) >= 11 is -0.823. The Kier molecular flexibility index (Phi) is 6.52. The maximum atomic E-state index is 11.3. The summed E-state index contributed by atoms with van der Waals surface area (Å²) in [6.45, 7) is 3.51. The van der Waals surface area contributed by atoms with Gasteiger partial charge in [-0.05, 0) is 0 Å². The van der Waals surface area contributed by atoms with Crippen LogP contribution in [0, 0.1) is 0 Å². The number of hydrogen-bond donors (Lipinski definition) is 1. The first-order chi connectivity index (χ1) is 5.93. The Morgan fingerprint density at radius 3 is 2.38 bits per heavy atom. The average Bonchev–Trinajstić information content (AvgIpc) is 1.98. The molecule has 76 valence electrons. The molecule has 13 heavy (non-hydrogen) atoms. The van der Waals surface area contributed by atoms with Gasteiger partial charge in [-0.25, -0.2) is 0 Å². The summed E-state index contributed by atoms with van der Waals surface area (Å²) in [5.74, 6) is -0.0313. The van der Waals surface area contributed by atoms with Crippen molar-refractivity contribution in [2.24, 2.45) is 0 Å². The minimum atomic E-state index is -0.823. The Hall–Kier alpha value is 0.0484. The van der Waals surface area contributed by atoms with Crippen LogP contribution in [0.4, 0.5) is 0 Å². The molecule has 0 aromatic heterocycles. The summed E-state index contributed by atoms with van der Waals surface area (Å²) in [6, 6.07) is 0. The van der Waals surface area contributed by atoms with E-state index in [0.29, 0.717) is 0 Å². The Balaban J connectivity index is 3.76. The number of carbonyl (C=O) groups excluding carboxylic acids is 2. The summed E-state index contributed by atoms with van der Waals surface area (Å²) in [5, 5.41) is 2.58. The number of ketones is 1. The van der Waals surface area contributed by atoms with E-state index in [-0.39, 0.29) is 23.5 Å². The Morgan fingerprint density at radius 1 is 1.46 bits per heavy atom. The van der Waals surface area contributed by atoms with Gasteiger partial charge < -0.3 is 0 Å². The van der Waals surface area contributed by atoms with Gasteiger partial charge in [-0.3, -0.25) is 0 Å². The fraction of sp³-hybridized carbons (Fsp3) is 0.750. The van der Waals surface area contributed by atoms with E-state index in [2.05, 4.69) is 16.7 Å². The average molecular weight is 265 g/mol. The number of rotatable bonds is 5. The number of hydrogen-bond acceptors (Lipinski definition) is 3. The van der Waals surface area contributed by atoms with Crippen molar-refractivity contribution < 1.29 is 9.59 Å². The first kappa shape index (κ1) is 13.0. The van der Waals surface area contributed by atoms with Crippen molar-refractivity contribution in [3.8, 4) is 0 Å². The van der Waals surface area contributed by atoms with Gasteiger partial charge in [0.05, 0.1) is 0 Å². The second-order valence-electron chi connectivity index (χ2n) is 2.98. The summed E-state index contributed by atoms with van der Waals surface area (Å²) in [7, 11) is 1.74. The van der Waals surface area contributed by atoms with Gasteiger partial charge in [-0.2, -0.15) is 0 Å². The Bertz CT molecular complexity index is 197. The van der Waals surface area contributed by atoms with E-state index < -0.39 is 13.5 Å². The predicted octanol–water partition coefficient (Wildman–Crippen LogP) is 1.06. The van der Waals surface area contributed by atoms with Gasteiger partial charge in [0.15, 0.2) is 0 Å². The number of Topliss-reactive ketones (excluding diaryl/α,β-unsaturated/α-hetero) is 1. The molecule has 1 atom stereocenters. The Morgan fingerprint density at radius 2 is 2.00 bits per heavy atom. The van der Waals surface area contributed by atoms with Crippen molar-refractivity contribution >= 4 is 35.2 Å². The van der Waals surface area contributed by atoms with Crippen LogP contribution in [0.3, 0.4) is 0 Å². The molecule has 0 heterocycles. The fourth-order valence-electron chi connectivity index (χ4n) is 0.719. The van der Waals surface area contributed by atoms with E-state index in [1.54, 1.807) is 10.0 Å². The molecule has 0 spiro atoms. The van der Waals surface area contributed by atoms with Crippen molar-refractivity contribution in [1.82, 2.24) is 5.32 Å². The van der Waals surface area contributed by atoms with Gasteiger partial charge in [-0.15, -0.1) is 0 Å². The molecule has 0 rings (SSSR count). The summed E-state index contributed by atoms with van der Waals surface area (Å²) in [5.41, 5.74) is 4.37. The van der Waals surface area contributed by atoms with Crippen molar-refractivity contribution in [3.63, 3.8) is 0 Å². The van der Waals surface area contributed by atoms with Gasteiger partial charge in [-0.1, -0.05) is 0 Å². The summed E-state index contributed by atoms with van der Waals surface area (Å²) in [6.07, 6.45) is 0. The van der Waals surface area contributed by atoms with Gasteiger partial charge in [0.2, 0.25) is 0 Å². The monoisotopic (exact) mass is 265 g/mol. The molecular weight excluding hydrogens is 249 g/mol. The molecule has 0 aromatic carbocycles. The molecule has 3 nitrogen and oxygen atoms in total. The first-order valence-electron chi connectivity index (χ1n) is 4.04. The van der Waals surface area contributed by atoms with Crippen LogP contribution in [0.2, 0.25) is 11.4 Å². The van der Waals surface area contributed by atoms with Crippen molar-refractivity contribution in [2.45, 2.75) is 30.5 Å². The van der Waals surface area contributed by atoms with E-state index in [4.69, 9.17) is 0 Å². The van der Waals surface area contributed by atoms with Crippen molar-refractivity contribution in [3.05, 3.63) is 0 Å². The number of amides is 1. The molecule has 0 aliphatic carbocycles. The zero-order chi connectivity index (χ0) is 10.4. The van der Waals surface area contributed by atoms with E-state index >= 15 is 0 Å². The second kappa shape index (κ2) is 6.49. The zero-order valence-electron chi connectivity index (χ0n) is 8.46. The third kappa shape index (κ3) is 7.15. The molecule has 0 saturated heterocycles. The molecule has 1 unspecified atom stereocenters. The van der Waals surface area contributed by atoms with E-state index in [1.807, 2.05) is 6.92 Å². The van der Waals surface area contributed by atoms with Crippen molar-refractivity contribution in [2.75, 3.05) is 6.54 Å². The molecular formula is C8H16AsNO2S. The molecule has 1 amide bonds. The van der Waals surface area contributed by atoms with Crippen molar-refractivity contribution in [1.29, 1.82) is 0 Å². The van der Waals surface area contributed by atoms with Crippen LogP contribution in [0.5, 0.6) is 0 Å². The van der Waals surface area contributed by atoms with Crippen LogP contribution in [0.25, 0.3) is 0 Å². The normalized spacial score (nSPS) is 12.7. The molecule has 5 heteroatoms. The quantitative estimate of drug-likeness (QED) is 0.756. The standard InChI is InChI=1S/C8H16AsNO2S/c1-6(11)5-10-8(12)7(2)13-9(3)4/h7H,5H2,1-4H3,(H,10,12). The molecule has 0 saturated carbocycles. The molecule has 0 aromatic rings. The van der Waals surface area contributed by atoms with Crippen LogP contribution in [-0.2, 0) is 9.59 Å². The molecule has 1 N–H and O–H groups in total. The van der Waals surface area contributed by atoms with Crippen LogP contribution in [0.15, 0.2) is 0 Å². The number of nitrogens with one attached hydrogen (secondary N) is 1. The van der Waals surface area contributed by atoms with Gasteiger partial charge in [0.1, 0.15) is 0 Å². The third-order valence-corrected chi connectivity index (χ3v) is 6.85. The van der Waals surface area contributed by atoms with E-state index in [9.17, 15) is 9.59 Å². The maximum absolute atomic E-state index is 11.3. The predicted molar refractivity (Wildman–Crippen MR) is 58.2 cm³/mol. The third-order valence-electron chi connectivity index (χ3n) is 1.25. The van der Waals surface area contributed by atoms with E-state index in [0.717, 1.165) is 0 Å². The molecule has 0 aliphatic heterocycles. The van der Waals surface area contributed by atoms with Gasteiger partial charge >= 0.3 is 87.2 Å². The van der Waals surface area contributed by atoms with Crippen LogP contribution >= 0.6 is 10.0 Å². The molecule has 0 radical (unpaired) electrons.